The van der Waals surface area contributed by atoms with Gasteiger partial charge in [-0.1, -0.05) is 22.0 Å². The van der Waals surface area contributed by atoms with Crippen molar-refractivity contribution < 1.29 is 9.00 Å². The van der Waals surface area contributed by atoms with Crippen molar-refractivity contribution in [3.8, 4) is 0 Å². The van der Waals surface area contributed by atoms with Crippen LogP contribution in [0.3, 0.4) is 0 Å². The fraction of sp³-hybridized carbons (Fsp3) is 0.417. The van der Waals surface area contributed by atoms with E-state index in [4.69, 9.17) is 5.73 Å². The third kappa shape index (κ3) is 6.28. The van der Waals surface area contributed by atoms with Crippen molar-refractivity contribution in [2.75, 3.05) is 16.8 Å². The summed E-state index contributed by atoms with van der Waals surface area (Å²) in [5, 5.41) is 2.70. The van der Waals surface area contributed by atoms with Gasteiger partial charge in [-0.3, -0.25) is 9.00 Å². The van der Waals surface area contributed by atoms with Crippen molar-refractivity contribution >= 4 is 38.3 Å². The summed E-state index contributed by atoms with van der Waals surface area (Å²) in [5.74, 6) is 0.00200. The van der Waals surface area contributed by atoms with Crippen LogP contribution in [0.25, 0.3) is 0 Å². The maximum absolute atomic E-state index is 11.7. The Morgan fingerprint density at radius 1 is 1.50 bits per heavy atom. The lowest BCUT2D eigenvalue weighted by molar-refractivity contribution is -0.113. The fourth-order valence-corrected chi connectivity index (χ4v) is 3.07. The minimum atomic E-state index is -1.25. The Labute approximate surface area is 118 Å². The number of carbonyl (C=O) groups excluding carboxylic acids is 1. The van der Waals surface area contributed by atoms with Crippen LogP contribution in [0, 0.1) is 0 Å². The molecule has 0 aromatic heterocycles. The van der Waals surface area contributed by atoms with Crippen LogP contribution in [0.5, 0.6) is 0 Å². The van der Waals surface area contributed by atoms with Gasteiger partial charge in [-0.05, 0) is 32.0 Å². The smallest absolute Gasteiger partial charge is 0.236 e. The number of hydrogen-bond donors (Lipinski definition) is 2. The monoisotopic (exact) mass is 332 g/mol. The molecule has 1 atom stereocenters. The molecule has 6 heteroatoms. The highest BCUT2D eigenvalue weighted by Crippen LogP contribution is 2.15. The van der Waals surface area contributed by atoms with E-state index in [0.29, 0.717) is 11.4 Å². The number of amides is 1. The van der Waals surface area contributed by atoms with Crippen LogP contribution in [0.2, 0.25) is 0 Å². The Morgan fingerprint density at radius 3 is 2.72 bits per heavy atom. The summed E-state index contributed by atoms with van der Waals surface area (Å²) in [7, 11) is -1.25. The van der Waals surface area contributed by atoms with Gasteiger partial charge < -0.3 is 11.1 Å². The van der Waals surface area contributed by atoms with Gasteiger partial charge in [0.05, 0.1) is 0 Å². The van der Waals surface area contributed by atoms with Crippen molar-refractivity contribution in [2.45, 2.75) is 19.4 Å². The number of nitrogens with two attached hydrogens (primary N) is 1. The second kappa shape index (κ2) is 6.45. The molecule has 0 aliphatic carbocycles. The quantitative estimate of drug-likeness (QED) is 0.864. The van der Waals surface area contributed by atoms with E-state index in [-0.39, 0.29) is 11.7 Å². The molecular weight excluding hydrogens is 316 g/mol. The number of rotatable bonds is 5. The highest BCUT2D eigenvalue weighted by Gasteiger charge is 2.17. The lowest BCUT2D eigenvalue weighted by atomic mass is 10.1. The zero-order chi connectivity index (χ0) is 13.8. The van der Waals surface area contributed by atoms with Gasteiger partial charge >= 0.3 is 0 Å². The van der Waals surface area contributed by atoms with E-state index in [1.807, 2.05) is 12.1 Å². The summed E-state index contributed by atoms with van der Waals surface area (Å²) < 4.78 is 12.6. The number of carbonyl (C=O) groups is 1. The van der Waals surface area contributed by atoms with Crippen LogP contribution in [-0.2, 0) is 15.6 Å². The Morgan fingerprint density at radius 2 is 2.17 bits per heavy atom. The van der Waals surface area contributed by atoms with E-state index in [2.05, 4.69) is 21.2 Å². The minimum Gasteiger partial charge on any atom is -0.325 e. The van der Waals surface area contributed by atoms with Gasteiger partial charge in [0.1, 0.15) is 5.75 Å². The van der Waals surface area contributed by atoms with Crippen molar-refractivity contribution in [3.63, 3.8) is 0 Å². The molecule has 0 heterocycles. The summed E-state index contributed by atoms with van der Waals surface area (Å²) in [6.45, 7) is 3.58. The van der Waals surface area contributed by atoms with E-state index in [9.17, 15) is 9.00 Å². The molecule has 1 unspecified atom stereocenters. The summed E-state index contributed by atoms with van der Waals surface area (Å²) in [6, 6.07) is 7.25. The molecule has 0 bridgehead atoms. The number of hydrogen-bond acceptors (Lipinski definition) is 3. The van der Waals surface area contributed by atoms with Crippen LogP contribution < -0.4 is 11.1 Å². The molecule has 0 saturated heterocycles. The molecule has 0 aliphatic rings. The molecule has 100 valence electrons. The van der Waals surface area contributed by atoms with Gasteiger partial charge in [0.25, 0.3) is 0 Å². The molecule has 0 spiro atoms. The predicted octanol–water partition coefficient (Wildman–Crippen LogP) is 1.87. The first-order chi connectivity index (χ1) is 8.26. The molecule has 1 aromatic carbocycles. The van der Waals surface area contributed by atoms with E-state index < -0.39 is 16.3 Å². The minimum absolute atomic E-state index is 0.0346. The van der Waals surface area contributed by atoms with Gasteiger partial charge in [0.15, 0.2) is 0 Å². The van der Waals surface area contributed by atoms with E-state index in [1.165, 1.54) is 0 Å². The second-order valence-corrected chi connectivity index (χ2v) is 7.15. The first-order valence-corrected chi connectivity index (χ1v) is 7.74. The van der Waals surface area contributed by atoms with Crippen LogP contribution in [-0.4, -0.2) is 27.2 Å². The first kappa shape index (κ1) is 15.3. The molecule has 18 heavy (non-hydrogen) atoms. The molecule has 0 saturated carbocycles. The highest BCUT2D eigenvalue weighted by atomic mass is 79.9. The third-order valence-electron chi connectivity index (χ3n) is 1.93. The number of benzene rings is 1. The fourth-order valence-electron chi connectivity index (χ4n) is 1.38. The lowest BCUT2D eigenvalue weighted by Gasteiger charge is -2.17. The van der Waals surface area contributed by atoms with Crippen LogP contribution in [0.15, 0.2) is 28.7 Å². The van der Waals surface area contributed by atoms with Gasteiger partial charge in [0.2, 0.25) is 5.91 Å². The molecule has 3 N–H and O–H groups in total. The van der Waals surface area contributed by atoms with Crippen molar-refractivity contribution in [3.05, 3.63) is 28.7 Å². The Kier molecular flexibility index (Phi) is 5.49. The van der Waals surface area contributed by atoms with Crippen LogP contribution >= 0.6 is 15.9 Å². The van der Waals surface area contributed by atoms with E-state index in [0.717, 1.165) is 4.47 Å². The molecule has 4 nitrogen and oxygen atoms in total. The van der Waals surface area contributed by atoms with E-state index >= 15 is 0 Å². The van der Waals surface area contributed by atoms with Crippen LogP contribution in [0.4, 0.5) is 5.69 Å². The molecule has 0 aliphatic heterocycles. The topological polar surface area (TPSA) is 72.2 Å². The average Bonchev–Trinajstić information content (AvgIpc) is 2.13. The molecule has 0 fully saturated rings. The van der Waals surface area contributed by atoms with Crippen molar-refractivity contribution in [1.29, 1.82) is 0 Å². The van der Waals surface area contributed by atoms with Crippen LogP contribution in [0.1, 0.15) is 13.8 Å². The number of anilines is 1. The predicted molar refractivity (Wildman–Crippen MR) is 78.9 cm³/mol. The summed E-state index contributed by atoms with van der Waals surface area (Å²) in [5.41, 5.74) is 5.91. The third-order valence-corrected chi connectivity index (χ3v) is 4.08. The Hall–Kier alpha value is -0.720. The zero-order valence-corrected chi connectivity index (χ0v) is 12.8. The normalized spacial score (nSPS) is 13.1. The zero-order valence-electron chi connectivity index (χ0n) is 10.4. The molecule has 0 radical (unpaired) electrons. The standard InChI is InChI=1S/C12H17BrN2O2S/c1-12(2,14)8-18(17)7-11(16)15-10-5-3-4-9(13)6-10/h3-6H,7-8,14H2,1-2H3,(H,15,16). The SMILES string of the molecule is CC(C)(N)CS(=O)CC(=O)Nc1cccc(Br)c1. The second-order valence-electron chi connectivity index (χ2n) is 4.78. The number of halogens is 1. The summed E-state index contributed by atoms with van der Waals surface area (Å²) in [4.78, 5) is 11.7. The van der Waals surface area contributed by atoms with Gasteiger partial charge in [-0.25, -0.2) is 0 Å². The Balaban J connectivity index is 2.50. The van der Waals surface area contributed by atoms with Crippen molar-refractivity contribution in [1.82, 2.24) is 0 Å². The molecular formula is C12H17BrN2O2S. The van der Waals surface area contributed by atoms with Gasteiger partial charge in [-0.15, -0.1) is 0 Å². The average molecular weight is 333 g/mol. The summed E-state index contributed by atoms with van der Waals surface area (Å²) in [6.07, 6.45) is 0. The highest BCUT2D eigenvalue weighted by molar-refractivity contribution is 9.10. The number of nitrogens with one attached hydrogen (secondary N) is 1. The van der Waals surface area contributed by atoms with Crippen molar-refractivity contribution in [2.24, 2.45) is 5.73 Å². The molecule has 1 aromatic rings. The molecule has 1 rings (SSSR count). The summed E-state index contributed by atoms with van der Waals surface area (Å²) >= 11 is 3.31. The first-order valence-electron chi connectivity index (χ1n) is 5.45. The Bertz CT molecular complexity index is 458. The largest absolute Gasteiger partial charge is 0.325 e. The van der Waals surface area contributed by atoms with Gasteiger partial charge in [-0.2, -0.15) is 0 Å². The lowest BCUT2D eigenvalue weighted by Crippen LogP contribution is -2.39. The molecule has 1 amide bonds. The van der Waals surface area contributed by atoms with Gasteiger partial charge in [0, 0.05) is 32.3 Å². The maximum Gasteiger partial charge on any atom is 0.236 e. The van der Waals surface area contributed by atoms with E-state index in [1.54, 1.807) is 26.0 Å². The maximum atomic E-state index is 11.7.